The topological polar surface area (TPSA) is 82.5 Å². The number of ether oxygens (including phenoxy) is 2. The Morgan fingerprint density at radius 1 is 1.03 bits per heavy atom. The Morgan fingerprint density at radius 2 is 1.76 bits per heavy atom. The molecule has 0 unspecified atom stereocenters. The van der Waals surface area contributed by atoms with Gasteiger partial charge in [0.25, 0.3) is 5.56 Å². The molecule has 7 nitrogen and oxygen atoms in total. The van der Waals surface area contributed by atoms with Crippen LogP contribution in [0.4, 0.5) is 5.69 Å². The summed E-state index contributed by atoms with van der Waals surface area (Å²) in [5.74, 6) is 0.882. The molecule has 0 aliphatic carbocycles. The van der Waals surface area contributed by atoms with Crippen LogP contribution in [0.2, 0.25) is 5.02 Å². The highest BCUT2D eigenvalue weighted by molar-refractivity contribution is 7.99. The van der Waals surface area contributed by atoms with Crippen LogP contribution >= 0.6 is 23.4 Å². The first-order valence-corrected chi connectivity index (χ1v) is 11.3. The number of nitrogens with zero attached hydrogens (tertiary/aromatic N) is 2. The number of anilines is 1. The molecule has 1 N–H and O–H groups in total. The van der Waals surface area contributed by atoms with Crippen molar-refractivity contribution < 1.29 is 14.3 Å². The number of aromatic nitrogens is 2. The van der Waals surface area contributed by atoms with Gasteiger partial charge in [0.2, 0.25) is 5.91 Å². The van der Waals surface area contributed by atoms with Crippen molar-refractivity contribution in [2.45, 2.75) is 5.16 Å². The lowest BCUT2D eigenvalue weighted by molar-refractivity contribution is -0.113. The Hall–Kier alpha value is -3.49. The van der Waals surface area contributed by atoms with Gasteiger partial charge < -0.3 is 14.8 Å². The molecule has 0 spiro atoms. The molecule has 1 aromatic heterocycles. The van der Waals surface area contributed by atoms with E-state index in [1.807, 2.05) is 6.07 Å². The van der Waals surface area contributed by atoms with E-state index in [1.54, 1.807) is 60.7 Å². The molecule has 0 aliphatic heterocycles. The predicted octanol–water partition coefficient (Wildman–Crippen LogP) is 4.79. The average Bonchev–Trinajstić information content (AvgIpc) is 2.82. The van der Waals surface area contributed by atoms with Crippen LogP contribution in [0.3, 0.4) is 0 Å². The number of hydrogen-bond acceptors (Lipinski definition) is 6. The molecular weight excluding hydrogens is 462 g/mol. The fourth-order valence-corrected chi connectivity index (χ4v) is 4.26. The zero-order valence-electron chi connectivity index (χ0n) is 17.9. The van der Waals surface area contributed by atoms with E-state index >= 15 is 0 Å². The second-order valence-corrected chi connectivity index (χ2v) is 8.35. The van der Waals surface area contributed by atoms with Crippen molar-refractivity contribution in [3.63, 3.8) is 0 Å². The fraction of sp³-hybridized carbons (Fsp3) is 0.125. The summed E-state index contributed by atoms with van der Waals surface area (Å²) in [6.07, 6.45) is 0. The smallest absolute Gasteiger partial charge is 0.266 e. The number of carbonyl (C=O) groups excluding carboxylic acids is 1. The van der Waals surface area contributed by atoms with Crippen molar-refractivity contribution in [2.75, 3.05) is 25.3 Å². The van der Waals surface area contributed by atoms with Gasteiger partial charge in [0.1, 0.15) is 11.5 Å². The van der Waals surface area contributed by atoms with E-state index in [9.17, 15) is 9.59 Å². The van der Waals surface area contributed by atoms with Gasteiger partial charge in [-0.3, -0.25) is 14.2 Å². The number of amides is 1. The summed E-state index contributed by atoms with van der Waals surface area (Å²) >= 11 is 7.32. The summed E-state index contributed by atoms with van der Waals surface area (Å²) in [4.78, 5) is 30.6. The quantitative estimate of drug-likeness (QED) is 0.302. The minimum Gasteiger partial charge on any atom is -0.497 e. The lowest BCUT2D eigenvalue weighted by atomic mass is 10.2. The van der Waals surface area contributed by atoms with Crippen LogP contribution in [0.5, 0.6) is 11.5 Å². The molecule has 4 aromatic rings. The molecular formula is C24H20ClN3O4S. The molecule has 0 atom stereocenters. The Bertz CT molecular complexity index is 1370. The van der Waals surface area contributed by atoms with Crippen LogP contribution in [0.15, 0.2) is 76.7 Å². The highest BCUT2D eigenvalue weighted by Crippen LogP contribution is 2.27. The van der Waals surface area contributed by atoms with Crippen LogP contribution in [-0.4, -0.2) is 35.4 Å². The third kappa shape index (κ3) is 5.13. The van der Waals surface area contributed by atoms with Crippen LogP contribution < -0.4 is 20.3 Å². The number of methoxy groups -OCH3 is 2. The van der Waals surface area contributed by atoms with E-state index in [2.05, 4.69) is 10.3 Å². The molecule has 168 valence electrons. The molecule has 1 heterocycles. The SMILES string of the molecule is COc1cc(NC(=O)CSc2nc3ccccc3c(=O)n2-c2cccc(Cl)c2)cc(OC)c1. The number of rotatable bonds is 7. The Morgan fingerprint density at radius 3 is 2.45 bits per heavy atom. The highest BCUT2D eigenvalue weighted by Gasteiger charge is 2.15. The summed E-state index contributed by atoms with van der Waals surface area (Å²) in [6.45, 7) is 0. The first-order chi connectivity index (χ1) is 16.0. The Kier molecular flexibility index (Phi) is 6.86. The molecule has 33 heavy (non-hydrogen) atoms. The maximum Gasteiger partial charge on any atom is 0.266 e. The number of hydrogen-bond donors (Lipinski definition) is 1. The van der Waals surface area contributed by atoms with Gasteiger partial charge in [-0.1, -0.05) is 41.6 Å². The number of thioether (sulfide) groups is 1. The second kappa shape index (κ2) is 9.97. The van der Waals surface area contributed by atoms with Crippen LogP contribution in [-0.2, 0) is 4.79 Å². The van der Waals surface area contributed by atoms with E-state index in [-0.39, 0.29) is 17.2 Å². The van der Waals surface area contributed by atoms with Crippen molar-refractivity contribution in [1.29, 1.82) is 0 Å². The lowest BCUT2D eigenvalue weighted by Crippen LogP contribution is -2.23. The monoisotopic (exact) mass is 481 g/mol. The van der Waals surface area contributed by atoms with E-state index in [4.69, 9.17) is 21.1 Å². The first kappa shape index (κ1) is 22.7. The zero-order valence-corrected chi connectivity index (χ0v) is 19.4. The van der Waals surface area contributed by atoms with Crippen molar-refractivity contribution in [1.82, 2.24) is 9.55 Å². The van der Waals surface area contributed by atoms with Crippen molar-refractivity contribution in [3.05, 3.63) is 82.1 Å². The largest absolute Gasteiger partial charge is 0.497 e. The van der Waals surface area contributed by atoms with Gasteiger partial charge in [-0.2, -0.15) is 0 Å². The van der Waals surface area contributed by atoms with Gasteiger partial charge in [0.15, 0.2) is 5.16 Å². The zero-order chi connectivity index (χ0) is 23.4. The van der Waals surface area contributed by atoms with Gasteiger partial charge in [-0.25, -0.2) is 4.98 Å². The summed E-state index contributed by atoms with van der Waals surface area (Å²) in [5, 5.41) is 4.19. The molecule has 0 radical (unpaired) electrons. The molecule has 3 aromatic carbocycles. The van der Waals surface area contributed by atoms with Crippen LogP contribution in [0.1, 0.15) is 0 Å². The average molecular weight is 482 g/mol. The maximum atomic E-state index is 13.3. The van der Waals surface area contributed by atoms with Crippen LogP contribution in [0.25, 0.3) is 16.6 Å². The summed E-state index contributed by atoms with van der Waals surface area (Å²) in [5.41, 5.74) is 1.44. The predicted molar refractivity (Wildman–Crippen MR) is 131 cm³/mol. The summed E-state index contributed by atoms with van der Waals surface area (Å²) < 4.78 is 12.0. The summed E-state index contributed by atoms with van der Waals surface area (Å²) in [7, 11) is 3.08. The Labute approximate surface area is 199 Å². The number of halogens is 1. The van der Waals surface area contributed by atoms with Gasteiger partial charge in [-0.05, 0) is 30.3 Å². The first-order valence-electron chi connectivity index (χ1n) is 9.92. The maximum absolute atomic E-state index is 13.3. The van der Waals surface area contributed by atoms with Gasteiger partial charge in [0, 0.05) is 28.9 Å². The van der Waals surface area contributed by atoms with Crippen molar-refractivity contribution in [3.8, 4) is 17.2 Å². The number of benzene rings is 3. The minimum absolute atomic E-state index is 0.0326. The fourth-order valence-electron chi connectivity index (χ4n) is 3.26. The van der Waals surface area contributed by atoms with E-state index in [0.717, 1.165) is 11.8 Å². The molecule has 0 aliphatic rings. The number of nitrogens with one attached hydrogen (secondary N) is 1. The minimum atomic E-state index is -0.268. The normalized spacial score (nSPS) is 10.8. The third-order valence-corrected chi connectivity index (χ3v) is 5.95. The molecule has 0 saturated carbocycles. The van der Waals surface area contributed by atoms with Gasteiger partial charge in [-0.15, -0.1) is 0 Å². The third-order valence-electron chi connectivity index (χ3n) is 4.78. The van der Waals surface area contributed by atoms with E-state index in [0.29, 0.717) is 44.0 Å². The molecule has 0 saturated heterocycles. The lowest BCUT2D eigenvalue weighted by Gasteiger charge is -2.14. The van der Waals surface area contributed by atoms with Gasteiger partial charge >= 0.3 is 0 Å². The summed E-state index contributed by atoms with van der Waals surface area (Å²) in [6, 6.07) is 19.2. The van der Waals surface area contributed by atoms with E-state index in [1.165, 1.54) is 18.8 Å². The number of fused-ring (bicyclic) bond motifs is 1. The highest BCUT2D eigenvalue weighted by atomic mass is 35.5. The molecule has 0 bridgehead atoms. The number of para-hydroxylation sites is 1. The van der Waals surface area contributed by atoms with Gasteiger partial charge in [0.05, 0.1) is 36.6 Å². The van der Waals surface area contributed by atoms with E-state index < -0.39 is 0 Å². The number of carbonyl (C=O) groups is 1. The Balaban J connectivity index is 1.64. The molecule has 1 amide bonds. The molecule has 0 fully saturated rings. The second-order valence-electron chi connectivity index (χ2n) is 6.97. The standard InChI is InChI=1S/C24H20ClN3O4S/c1-31-18-11-16(12-19(13-18)32-2)26-22(29)14-33-24-27-21-9-4-3-8-20(21)23(30)28(24)17-7-5-6-15(25)10-17/h3-13H,14H2,1-2H3,(H,26,29). The van der Waals surface area contributed by atoms with Crippen molar-refractivity contribution >= 4 is 45.9 Å². The molecule has 4 rings (SSSR count). The molecule has 9 heteroatoms. The van der Waals surface area contributed by atoms with Crippen LogP contribution in [0, 0.1) is 0 Å². The van der Waals surface area contributed by atoms with Crippen molar-refractivity contribution in [2.24, 2.45) is 0 Å².